The molecule has 4 nitrogen and oxygen atoms in total. The molecule has 1 unspecified atom stereocenters. The van der Waals surface area contributed by atoms with Gasteiger partial charge in [0.2, 0.25) is 0 Å². The summed E-state index contributed by atoms with van der Waals surface area (Å²) in [5.74, 6) is -0.989. The highest BCUT2D eigenvalue weighted by Crippen LogP contribution is 2.15. The van der Waals surface area contributed by atoms with E-state index in [2.05, 4.69) is 5.32 Å². The number of nitrogens with one attached hydrogen (secondary N) is 1. The molecule has 19 heavy (non-hydrogen) atoms. The molecule has 1 amide bonds. The molecular formula is C15H21NO3. The van der Waals surface area contributed by atoms with Crippen molar-refractivity contribution in [1.82, 2.24) is 5.32 Å². The highest BCUT2D eigenvalue weighted by Gasteiger charge is 2.19. The summed E-state index contributed by atoms with van der Waals surface area (Å²) in [6, 6.07) is 6.47. The van der Waals surface area contributed by atoms with Crippen LogP contribution in [0.4, 0.5) is 0 Å². The molecule has 4 heteroatoms. The number of carbonyl (C=O) groups is 2. The third kappa shape index (κ3) is 4.39. The van der Waals surface area contributed by atoms with E-state index in [1.54, 1.807) is 6.07 Å². The quantitative estimate of drug-likeness (QED) is 0.829. The third-order valence-electron chi connectivity index (χ3n) is 3.00. The van der Waals surface area contributed by atoms with Crippen molar-refractivity contribution in [2.24, 2.45) is 0 Å². The molecule has 1 rings (SSSR count). The summed E-state index contributed by atoms with van der Waals surface area (Å²) in [4.78, 5) is 23.1. The lowest BCUT2D eigenvalue weighted by atomic mass is 10.0. The van der Waals surface area contributed by atoms with Gasteiger partial charge in [-0.25, -0.2) is 4.79 Å². The molecule has 0 spiro atoms. The fraction of sp³-hybridized carbons (Fsp3) is 0.467. The van der Waals surface area contributed by atoms with E-state index in [1.165, 1.54) is 0 Å². The van der Waals surface area contributed by atoms with Gasteiger partial charge in [0.05, 0.1) is 0 Å². The molecule has 0 saturated heterocycles. The normalized spacial score (nSPS) is 12.2. The van der Waals surface area contributed by atoms with Crippen LogP contribution in [0.15, 0.2) is 24.3 Å². The van der Waals surface area contributed by atoms with Gasteiger partial charge in [-0.3, -0.25) is 4.79 Å². The summed E-state index contributed by atoms with van der Waals surface area (Å²) in [6.07, 6.45) is 1.15. The molecule has 0 aliphatic heterocycles. The number of hydrogen-bond donors (Lipinski definition) is 2. The topological polar surface area (TPSA) is 66.4 Å². The molecule has 0 fully saturated rings. The number of hydrogen-bond acceptors (Lipinski definition) is 2. The van der Waals surface area contributed by atoms with Crippen LogP contribution >= 0.6 is 0 Å². The van der Waals surface area contributed by atoms with Crippen molar-refractivity contribution in [1.29, 1.82) is 0 Å². The number of amides is 1. The monoisotopic (exact) mass is 263 g/mol. The van der Waals surface area contributed by atoms with E-state index < -0.39 is 12.0 Å². The van der Waals surface area contributed by atoms with E-state index in [9.17, 15) is 9.59 Å². The molecule has 0 radical (unpaired) electrons. The Morgan fingerprint density at radius 1 is 1.32 bits per heavy atom. The SMILES string of the molecule is CCCC(NC(=O)c1cccc(C(C)C)c1)C(=O)O. The summed E-state index contributed by atoms with van der Waals surface area (Å²) in [5, 5.41) is 11.6. The first-order valence-corrected chi connectivity index (χ1v) is 6.59. The summed E-state index contributed by atoms with van der Waals surface area (Å²) in [5.41, 5.74) is 1.57. The molecule has 2 N–H and O–H groups in total. The Morgan fingerprint density at radius 3 is 2.53 bits per heavy atom. The molecule has 0 aliphatic carbocycles. The van der Waals surface area contributed by atoms with Crippen LogP contribution in [-0.2, 0) is 4.79 Å². The molecule has 0 saturated carbocycles. The third-order valence-corrected chi connectivity index (χ3v) is 3.00. The minimum atomic E-state index is -0.991. The minimum absolute atomic E-state index is 0.330. The van der Waals surface area contributed by atoms with E-state index in [0.717, 1.165) is 5.56 Å². The first kappa shape index (κ1) is 15.2. The van der Waals surface area contributed by atoms with E-state index in [-0.39, 0.29) is 5.91 Å². The van der Waals surface area contributed by atoms with Gasteiger partial charge in [-0.15, -0.1) is 0 Å². The molecule has 0 bridgehead atoms. The molecular weight excluding hydrogens is 242 g/mol. The highest BCUT2D eigenvalue weighted by molar-refractivity contribution is 5.96. The maximum Gasteiger partial charge on any atom is 0.326 e. The number of carboxylic acid groups (broad SMARTS) is 1. The van der Waals surface area contributed by atoms with Gasteiger partial charge in [-0.05, 0) is 30.0 Å². The van der Waals surface area contributed by atoms with Crippen LogP contribution in [0.3, 0.4) is 0 Å². The maximum absolute atomic E-state index is 12.0. The second-order valence-corrected chi connectivity index (χ2v) is 4.93. The molecule has 0 heterocycles. The van der Waals surface area contributed by atoms with Crippen molar-refractivity contribution in [3.8, 4) is 0 Å². The zero-order valence-corrected chi connectivity index (χ0v) is 11.6. The lowest BCUT2D eigenvalue weighted by molar-refractivity contribution is -0.139. The average molecular weight is 263 g/mol. The van der Waals surface area contributed by atoms with E-state index in [1.807, 2.05) is 39.0 Å². The Hall–Kier alpha value is -1.84. The Morgan fingerprint density at radius 2 is 2.00 bits per heavy atom. The molecule has 1 aromatic rings. The second-order valence-electron chi connectivity index (χ2n) is 4.93. The largest absolute Gasteiger partial charge is 0.480 e. The highest BCUT2D eigenvalue weighted by atomic mass is 16.4. The van der Waals surface area contributed by atoms with Crippen molar-refractivity contribution in [3.05, 3.63) is 35.4 Å². The van der Waals surface area contributed by atoms with Crippen molar-refractivity contribution in [2.45, 2.75) is 45.6 Å². The van der Waals surface area contributed by atoms with E-state index in [0.29, 0.717) is 24.3 Å². The van der Waals surface area contributed by atoms with Gasteiger partial charge in [-0.1, -0.05) is 39.3 Å². The molecule has 0 aliphatic rings. The van der Waals surface area contributed by atoms with Gasteiger partial charge in [0.1, 0.15) is 6.04 Å². The fourth-order valence-corrected chi connectivity index (χ4v) is 1.83. The van der Waals surface area contributed by atoms with Crippen LogP contribution in [0.1, 0.15) is 55.5 Å². The number of benzene rings is 1. The zero-order chi connectivity index (χ0) is 14.4. The molecule has 0 aromatic heterocycles. The summed E-state index contributed by atoms with van der Waals surface area (Å²) in [6.45, 7) is 5.99. The van der Waals surface area contributed by atoms with Crippen molar-refractivity contribution >= 4 is 11.9 Å². The van der Waals surface area contributed by atoms with Crippen LogP contribution in [0, 0.1) is 0 Å². The van der Waals surface area contributed by atoms with Crippen molar-refractivity contribution in [3.63, 3.8) is 0 Å². The van der Waals surface area contributed by atoms with Crippen LogP contribution in [0.2, 0.25) is 0 Å². The summed E-state index contributed by atoms with van der Waals surface area (Å²) < 4.78 is 0. The predicted octanol–water partition coefficient (Wildman–Crippen LogP) is 2.79. The first-order chi connectivity index (χ1) is 8.95. The lowest BCUT2D eigenvalue weighted by Gasteiger charge is -2.14. The predicted molar refractivity (Wildman–Crippen MR) is 74.3 cm³/mol. The van der Waals surface area contributed by atoms with Gasteiger partial charge in [0.15, 0.2) is 0 Å². The van der Waals surface area contributed by atoms with Gasteiger partial charge in [0.25, 0.3) is 5.91 Å². The zero-order valence-electron chi connectivity index (χ0n) is 11.6. The Bertz CT molecular complexity index is 454. The number of aliphatic carboxylic acids is 1. The molecule has 1 atom stereocenters. The van der Waals surface area contributed by atoms with Crippen molar-refractivity contribution < 1.29 is 14.7 Å². The lowest BCUT2D eigenvalue weighted by Crippen LogP contribution is -2.40. The number of carbonyl (C=O) groups excluding carboxylic acids is 1. The van der Waals surface area contributed by atoms with E-state index >= 15 is 0 Å². The summed E-state index contributed by atoms with van der Waals surface area (Å²) >= 11 is 0. The smallest absolute Gasteiger partial charge is 0.326 e. The number of rotatable bonds is 6. The van der Waals surface area contributed by atoms with Gasteiger partial charge in [0, 0.05) is 5.56 Å². The Balaban J connectivity index is 2.82. The first-order valence-electron chi connectivity index (χ1n) is 6.59. The van der Waals surface area contributed by atoms with Crippen LogP contribution in [-0.4, -0.2) is 23.0 Å². The van der Waals surface area contributed by atoms with E-state index in [4.69, 9.17) is 5.11 Å². The Kier molecular flexibility index (Phi) is 5.55. The second kappa shape index (κ2) is 6.92. The van der Waals surface area contributed by atoms with Gasteiger partial charge >= 0.3 is 5.97 Å². The summed E-state index contributed by atoms with van der Waals surface area (Å²) in [7, 11) is 0. The molecule has 1 aromatic carbocycles. The number of carboxylic acids is 1. The molecule has 104 valence electrons. The van der Waals surface area contributed by atoms with Crippen LogP contribution < -0.4 is 5.32 Å². The van der Waals surface area contributed by atoms with Gasteiger partial charge in [-0.2, -0.15) is 0 Å². The van der Waals surface area contributed by atoms with Crippen molar-refractivity contribution in [2.75, 3.05) is 0 Å². The van der Waals surface area contributed by atoms with Crippen LogP contribution in [0.25, 0.3) is 0 Å². The maximum atomic E-state index is 12.0. The standard InChI is InChI=1S/C15H21NO3/c1-4-6-13(15(18)19)16-14(17)12-8-5-7-11(9-12)10(2)3/h5,7-10,13H,4,6H2,1-3H3,(H,16,17)(H,18,19). The van der Waals surface area contributed by atoms with Crippen LogP contribution in [0.5, 0.6) is 0 Å². The Labute approximate surface area is 113 Å². The average Bonchev–Trinajstić information content (AvgIpc) is 2.38. The van der Waals surface area contributed by atoms with Gasteiger partial charge < -0.3 is 10.4 Å². The fourth-order valence-electron chi connectivity index (χ4n) is 1.83. The minimum Gasteiger partial charge on any atom is -0.480 e.